The van der Waals surface area contributed by atoms with Gasteiger partial charge in [-0.2, -0.15) is 0 Å². The van der Waals surface area contributed by atoms with E-state index < -0.39 is 0 Å². The Kier molecular flexibility index (Phi) is 7.84. The Morgan fingerprint density at radius 2 is 0.925 bits per heavy atom. The van der Waals surface area contributed by atoms with E-state index in [9.17, 15) is 0 Å². The molecule has 7 nitrogen and oxygen atoms in total. The van der Waals surface area contributed by atoms with Gasteiger partial charge in [0.25, 0.3) is 6.71 Å². The fourth-order valence-electron chi connectivity index (χ4n) is 10.9. The summed E-state index contributed by atoms with van der Waals surface area (Å²) in [5.74, 6) is 6.00. The predicted molar refractivity (Wildman–Crippen MR) is 272 cm³/mol. The van der Waals surface area contributed by atoms with Crippen LogP contribution in [0, 0.1) is 0 Å². The second kappa shape index (κ2) is 14.0. The number of fused-ring (bicyclic) bond motifs is 10. The van der Waals surface area contributed by atoms with Crippen LogP contribution in [0.15, 0.2) is 194 Å². The van der Waals surface area contributed by atoms with Crippen LogP contribution in [0.3, 0.4) is 0 Å². The van der Waals surface area contributed by atoms with Gasteiger partial charge in [-0.1, -0.05) is 113 Å². The molecule has 0 amide bonds. The zero-order valence-electron chi connectivity index (χ0n) is 36.2. The summed E-state index contributed by atoms with van der Waals surface area (Å²) in [6.45, 7) is -0.0467. The monoisotopic (exact) mass is 896 g/mol. The largest absolute Gasteiger partial charge is 0.464 e. The first-order valence-corrected chi connectivity index (χ1v) is 24.1. The Morgan fingerprint density at radius 3 is 1.55 bits per heavy atom. The standard InChI is InChI=1S/C56H34B2N4O3S2/c1-61-42-11-5-3-9-40(42)59-55(61)33-18-22-45-37(27-33)57-36-25-31(17-21-44(36)64-46-13-7-14-47(65-45)53(46)57)35-29-48(63-30-35)32-19-23-49-38(26-32)58-39-28-34(56-60-41-10-4-6-12-43(41)62(56)2)20-24-50(39)67-52-16-8-15-51(66-49)54(52)58/h3-30H,1-2H3. The fourth-order valence-corrected chi connectivity index (χ4v) is 13.3. The summed E-state index contributed by atoms with van der Waals surface area (Å²) in [5.41, 5.74) is 16.6. The lowest BCUT2D eigenvalue weighted by atomic mass is 9.34. The molecule has 0 unspecified atom stereocenters. The summed E-state index contributed by atoms with van der Waals surface area (Å²) in [6, 6.07) is 58.3. The number of nitrogens with zero attached hydrogens (tertiary/aromatic N) is 4. The van der Waals surface area contributed by atoms with Gasteiger partial charge in [0.15, 0.2) is 0 Å². The first kappa shape index (κ1) is 37.6. The number of aromatic nitrogens is 4. The molecule has 4 aliphatic heterocycles. The Hall–Kier alpha value is -7.59. The topological polar surface area (TPSA) is 67.2 Å². The van der Waals surface area contributed by atoms with Gasteiger partial charge in [0.05, 0.1) is 28.3 Å². The van der Waals surface area contributed by atoms with E-state index >= 15 is 0 Å². The number of rotatable bonds is 4. The minimum Gasteiger partial charge on any atom is -0.464 e. The Labute approximate surface area is 394 Å². The maximum Gasteiger partial charge on any atom is 0.260 e. The second-order valence-corrected chi connectivity index (χ2v) is 20.0. The van der Waals surface area contributed by atoms with Gasteiger partial charge >= 0.3 is 0 Å². The summed E-state index contributed by atoms with van der Waals surface area (Å²) in [4.78, 5) is 15.3. The first-order valence-electron chi connectivity index (χ1n) is 22.4. The van der Waals surface area contributed by atoms with Crippen molar-refractivity contribution in [1.29, 1.82) is 0 Å². The predicted octanol–water partition coefficient (Wildman–Crippen LogP) is 9.89. The second-order valence-electron chi connectivity index (χ2n) is 17.8. The molecular weight excluding hydrogens is 862 g/mol. The van der Waals surface area contributed by atoms with Crippen LogP contribution >= 0.6 is 23.5 Å². The molecule has 0 spiro atoms. The van der Waals surface area contributed by atoms with Gasteiger partial charge in [-0.25, -0.2) is 9.97 Å². The molecule has 314 valence electrons. The van der Waals surface area contributed by atoms with Crippen molar-refractivity contribution in [2.45, 2.75) is 19.6 Å². The normalized spacial score (nSPS) is 13.6. The molecule has 67 heavy (non-hydrogen) atoms. The van der Waals surface area contributed by atoms with Crippen LogP contribution in [-0.2, 0) is 14.1 Å². The lowest BCUT2D eigenvalue weighted by Gasteiger charge is -2.33. The van der Waals surface area contributed by atoms with Crippen molar-refractivity contribution in [1.82, 2.24) is 19.1 Å². The van der Waals surface area contributed by atoms with Gasteiger partial charge in [0.2, 0.25) is 6.71 Å². The van der Waals surface area contributed by atoms with Crippen molar-refractivity contribution in [2.24, 2.45) is 14.1 Å². The van der Waals surface area contributed by atoms with Crippen LogP contribution in [0.25, 0.3) is 67.3 Å². The van der Waals surface area contributed by atoms with Crippen LogP contribution in [0.2, 0.25) is 0 Å². The van der Waals surface area contributed by atoms with Gasteiger partial charge < -0.3 is 23.0 Å². The molecule has 0 aliphatic carbocycles. The molecule has 8 aromatic carbocycles. The summed E-state index contributed by atoms with van der Waals surface area (Å²) < 4.78 is 24.1. The third-order valence-electron chi connectivity index (χ3n) is 14.1. The van der Waals surface area contributed by atoms with Crippen molar-refractivity contribution in [3.63, 3.8) is 0 Å². The van der Waals surface area contributed by atoms with Crippen molar-refractivity contribution < 1.29 is 13.9 Å². The fraction of sp³-hybridized carbons (Fsp3) is 0.0357. The molecule has 0 saturated carbocycles. The van der Waals surface area contributed by atoms with Crippen molar-refractivity contribution in [3.05, 3.63) is 170 Å². The summed E-state index contributed by atoms with van der Waals surface area (Å²) in [7, 11) is 4.19. The lowest BCUT2D eigenvalue weighted by Crippen LogP contribution is -2.58. The SMILES string of the molecule is Cn1c(-c2ccc3c(c2)B2c4cc(-c5coc(-c6ccc7c(c6)B6c8cc(-c9nc%10ccccc%10n9C)ccc8Sc8cccc(c86)S7)c5)ccc4Oc4cccc(c42)O3)nc2ccccc21. The molecular formula is C56H34B2N4O3S2. The minimum absolute atomic E-state index is 0.0652. The van der Waals surface area contributed by atoms with E-state index in [1.54, 1.807) is 0 Å². The Balaban J connectivity index is 0.815. The molecule has 7 heterocycles. The first-order chi connectivity index (χ1) is 33.0. The highest BCUT2D eigenvalue weighted by Crippen LogP contribution is 2.42. The molecule has 0 radical (unpaired) electrons. The smallest absolute Gasteiger partial charge is 0.260 e. The van der Waals surface area contributed by atoms with Crippen molar-refractivity contribution in [2.75, 3.05) is 0 Å². The molecule has 0 fully saturated rings. The number of ether oxygens (including phenoxy) is 2. The average Bonchev–Trinajstić information content (AvgIpc) is 4.09. The van der Waals surface area contributed by atoms with E-state index in [1.807, 2.05) is 54.1 Å². The third kappa shape index (κ3) is 5.53. The van der Waals surface area contributed by atoms with Gasteiger partial charge in [-0.3, -0.25) is 0 Å². The molecule has 0 atom stereocenters. The number of hydrogen-bond acceptors (Lipinski definition) is 7. The quantitative estimate of drug-likeness (QED) is 0.163. The number of benzene rings is 8. The maximum absolute atomic E-state index is 6.64. The van der Waals surface area contributed by atoms with Crippen LogP contribution in [-0.4, -0.2) is 32.5 Å². The summed E-state index contributed by atoms with van der Waals surface area (Å²) in [6.07, 6.45) is 1.89. The average molecular weight is 897 g/mol. The van der Waals surface area contributed by atoms with Crippen LogP contribution in [0.1, 0.15) is 0 Å². The molecule has 3 aromatic heterocycles. The molecule has 11 heteroatoms. The zero-order chi connectivity index (χ0) is 44.1. The number of para-hydroxylation sites is 4. The van der Waals surface area contributed by atoms with Gasteiger partial charge in [-0.15, -0.1) is 0 Å². The Bertz CT molecular complexity index is 3690. The van der Waals surface area contributed by atoms with Crippen molar-refractivity contribution in [3.8, 4) is 68.2 Å². The van der Waals surface area contributed by atoms with Crippen LogP contribution in [0.4, 0.5) is 0 Å². The molecule has 0 N–H and O–H groups in total. The van der Waals surface area contributed by atoms with E-state index in [0.29, 0.717) is 0 Å². The number of imidazole rings is 2. The number of hydrogen-bond donors (Lipinski definition) is 0. The van der Waals surface area contributed by atoms with Crippen LogP contribution in [0.5, 0.6) is 23.0 Å². The van der Waals surface area contributed by atoms with E-state index in [1.165, 1.54) is 36.0 Å². The highest BCUT2D eigenvalue weighted by Gasteiger charge is 2.41. The molecule has 15 rings (SSSR count). The van der Waals surface area contributed by atoms with E-state index in [-0.39, 0.29) is 13.4 Å². The highest BCUT2D eigenvalue weighted by molar-refractivity contribution is 8.01. The zero-order valence-corrected chi connectivity index (χ0v) is 37.8. The lowest BCUT2D eigenvalue weighted by molar-refractivity contribution is 0.464. The van der Waals surface area contributed by atoms with E-state index in [0.717, 1.165) is 107 Å². The van der Waals surface area contributed by atoms with Gasteiger partial charge in [-0.05, 0) is 107 Å². The number of aryl methyl sites for hydroxylation is 2. The van der Waals surface area contributed by atoms with Gasteiger partial charge in [0, 0.05) is 61.4 Å². The third-order valence-corrected chi connectivity index (χ3v) is 16.4. The Morgan fingerprint density at radius 1 is 0.418 bits per heavy atom. The molecule has 0 bridgehead atoms. The minimum atomic E-state index is -0.112. The number of furan rings is 1. The molecule has 11 aromatic rings. The maximum atomic E-state index is 6.64. The van der Waals surface area contributed by atoms with E-state index in [2.05, 4.69) is 163 Å². The molecule has 4 aliphatic rings. The molecule has 0 saturated heterocycles. The summed E-state index contributed by atoms with van der Waals surface area (Å²) in [5, 5.41) is 0. The summed E-state index contributed by atoms with van der Waals surface area (Å²) >= 11 is 3.73. The van der Waals surface area contributed by atoms with Crippen molar-refractivity contribution >= 4 is 91.8 Å². The van der Waals surface area contributed by atoms with E-state index in [4.69, 9.17) is 23.9 Å². The van der Waals surface area contributed by atoms with Gasteiger partial charge in [0.1, 0.15) is 40.4 Å². The highest BCUT2D eigenvalue weighted by atomic mass is 32.2. The van der Waals surface area contributed by atoms with Crippen LogP contribution < -0.4 is 42.3 Å².